The maximum atomic E-state index is 13.5. The second-order valence-corrected chi connectivity index (χ2v) is 14.4. The van der Waals surface area contributed by atoms with E-state index in [-0.39, 0.29) is 29.8 Å². The van der Waals surface area contributed by atoms with Crippen molar-refractivity contribution in [2.24, 2.45) is 11.3 Å². The molecule has 1 saturated heterocycles. The Hall–Kier alpha value is -2.42. The Kier molecular flexibility index (Phi) is 11.6. The molecule has 1 heterocycles. The summed E-state index contributed by atoms with van der Waals surface area (Å²) >= 11 is 0. The summed E-state index contributed by atoms with van der Waals surface area (Å²) < 4.78 is 28.6. The number of carbonyl (C=O) groups excluding carboxylic acids is 1. The third-order valence-electron chi connectivity index (χ3n) is 7.55. The van der Waals surface area contributed by atoms with Gasteiger partial charge in [0.2, 0.25) is 15.9 Å². The maximum Gasteiger partial charge on any atom is 0.243 e. The summed E-state index contributed by atoms with van der Waals surface area (Å²) in [5.41, 5.74) is 3.69. The number of carbonyl (C=O) groups is 1. The van der Waals surface area contributed by atoms with Crippen LogP contribution in [-0.2, 0) is 14.8 Å². The Morgan fingerprint density at radius 3 is 2.48 bits per heavy atom. The van der Waals surface area contributed by atoms with E-state index in [9.17, 15) is 13.2 Å². The Morgan fingerprint density at radius 1 is 1.20 bits per heavy atom. The average Bonchev–Trinajstić information content (AvgIpc) is 3.61. The summed E-state index contributed by atoms with van der Waals surface area (Å²) in [7, 11) is -3.69. The van der Waals surface area contributed by atoms with E-state index in [0.717, 1.165) is 50.9 Å². The molecule has 0 aromatic carbocycles. The topological polar surface area (TPSA) is 81.8 Å². The van der Waals surface area contributed by atoms with Crippen molar-refractivity contribution in [1.82, 2.24) is 19.8 Å². The molecule has 0 radical (unpaired) electrons. The lowest BCUT2D eigenvalue weighted by molar-refractivity contribution is -0.119. The van der Waals surface area contributed by atoms with Crippen LogP contribution in [0.2, 0.25) is 0 Å². The Labute approximate surface area is 242 Å². The Bertz CT molecular complexity index is 1180. The minimum Gasteiger partial charge on any atom is -0.378 e. The highest BCUT2D eigenvalue weighted by Gasteiger charge is 2.34. The molecule has 2 N–H and O–H groups in total. The predicted molar refractivity (Wildman–Crippen MR) is 166 cm³/mol. The Morgan fingerprint density at radius 2 is 1.90 bits per heavy atom. The number of allylic oxidation sites excluding steroid dienone is 9. The zero-order valence-corrected chi connectivity index (χ0v) is 26.1. The smallest absolute Gasteiger partial charge is 0.243 e. The molecule has 1 aliphatic heterocycles. The maximum absolute atomic E-state index is 13.5. The van der Waals surface area contributed by atoms with Gasteiger partial charge in [-0.05, 0) is 87.8 Å². The minimum atomic E-state index is -3.69. The molecule has 1 saturated carbocycles. The Balaban J connectivity index is 1.81. The number of nitrogens with zero attached hydrogens (tertiary/aromatic N) is 2. The molecule has 0 atom stereocenters. The molecule has 222 valence electrons. The third-order valence-corrected chi connectivity index (χ3v) is 9.46. The van der Waals surface area contributed by atoms with E-state index in [4.69, 9.17) is 0 Å². The van der Waals surface area contributed by atoms with E-state index in [1.165, 1.54) is 36.3 Å². The number of likely N-dealkylation sites (tertiary alicyclic amines) is 1. The number of amides is 1. The highest BCUT2D eigenvalue weighted by molar-refractivity contribution is 7.93. The van der Waals surface area contributed by atoms with Crippen molar-refractivity contribution in [3.05, 3.63) is 70.5 Å². The lowest BCUT2D eigenvalue weighted by Gasteiger charge is -2.35. The van der Waals surface area contributed by atoms with Crippen LogP contribution in [0.15, 0.2) is 70.5 Å². The zero-order chi connectivity index (χ0) is 29.3. The normalized spacial score (nSPS) is 18.8. The van der Waals surface area contributed by atoms with Crippen molar-refractivity contribution in [1.29, 1.82) is 0 Å². The van der Waals surface area contributed by atoms with E-state index >= 15 is 0 Å². The van der Waals surface area contributed by atoms with E-state index in [1.54, 1.807) is 11.2 Å². The largest absolute Gasteiger partial charge is 0.378 e. The summed E-state index contributed by atoms with van der Waals surface area (Å²) in [6.07, 6.45) is 18.0. The van der Waals surface area contributed by atoms with E-state index < -0.39 is 15.4 Å². The summed E-state index contributed by atoms with van der Waals surface area (Å²) in [6, 6.07) is 0. The summed E-state index contributed by atoms with van der Waals surface area (Å²) in [4.78, 5) is 16.1. The molecule has 0 spiro atoms. The first-order chi connectivity index (χ1) is 18.9. The first-order valence-corrected chi connectivity index (χ1v) is 16.2. The number of hydrogen-bond donors (Lipinski definition) is 2. The molecule has 2 aliphatic carbocycles. The molecule has 0 unspecified atom stereocenters. The number of hydrogen-bond acceptors (Lipinski definition) is 5. The first kappa shape index (κ1) is 32.1. The molecular formula is C32H50N4O3S. The minimum absolute atomic E-state index is 0.124. The quantitative estimate of drug-likeness (QED) is 0.258. The van der Waals surface area contributed by atoms with Crippen LogP contribution in [0.5, 0.6) is 0 Å². The third kappa shape index (κ3) is 9.60. The van der Waals surface area contributed by atoms with Crippen LogP contribution in [0.1, 0.15) is 73.1 Å². The molecular weight excluding hydrogens is 520 g/mol. The van der Waals surface area contributed by atoms with Crippen LogP contribution in [0.3, 0.4) is 0 Å². The van der Waals surface area contributed by atoms with Gasteiger partial charge in [0.25, 0.3) is 0 Å². The van der Waals surface area contributed by atoms with Crippen LogP contribution >= 0.6 is 0 Å². The highest BCUT2D eigenvalue weighted by atomic mass is 32.2. The van der Waals surface area contributed by atoms with E-state index in [0.29, 0.717) is 12.2 Å². The van der Waals surface area contributed by atoms with Crippen LogP contribution in [0.4, 0.5) is 0 Å². The van der Waals surface area contributed by atoms with Gasteiger partial charge >= 0.3 is 0 Å². The molecule has 0 aromatic heterocycles. The molecule has 3 rings (SSSR count). The van der Waals surface area contributed by atoms with Gasteiger partial charge in [-0.3, -0.25) is 9.69 Å². The second-order valence-electron chi connectivity index (χ2n) is 12.3. The fourth-order valence-corrected chi connectivity index (χ4v) is 6.81. The first-order valence-electron chi connectivity index (χ1n) is 14.8. The molecule has 3 aliphatic rings. The van der Waals surface area contributed by atoms with Gasteiger partial charge in [0.15, 0.2) is 0 Å². The zero-order valence-electron chi connectivity index (χ0n) is 25.3. The number of sulfonamides is 1. The van der Waals surface area contributed by atoms with Gasteiger partial charge in [0.05, 0.1) is 11.4 Å². The molecule has 0 aromatic rings. The highest BCUT2D eigenvalue weighted by Crippen LogP contribution is 2.32. The van der Waals surface area contributed by atoms with Crippen LogP contribution < -0.4 is 10.6 Å². The average molecular weight is 571 g/mol. The molecule has 2 fully saturated rings. The summed E-state index contributed by atoms with van der Waals surface area (Å²) in [5, 5.41) is 6.61. The molecule has 40 heavy (non-hydrogen) atoms. The second kappa shape index (κ2) is 14.5. The van der Waals surface area contributed by atoms with Gasteiger partial charge in [-0.2, -0.15) is 4.31 Å². The van der Waals surface area contributed by atoms with Crippen molar-refractivity contribution in [2.75, 3.05) is 39.3 Å². The fraction of sp³-hybridized carbons (Fsp3) is 0.594. The standard InChI is InChI=1S/C32H50N4O3S/c1-7-13-26(4)40(38,39)36(22-25(2)3)24-32(5,6)30(20-27-14-9-8-10-15-27)34-31(37)21-33-29(28-16-17-28)23-35-18-11-12-19-35/h7,9,13-15,20,25,33H,1,8,10-12,16-19,21-24H2,2-6H3,(H,34,37)/b26-13+,30-20-. The SMILES string of the molecule is C=C/C=C(\C)S(=O)(=O)N(CC(C)C)CC(C)(C)/C(=C/C1=CCCC=C1)NC(=O)CNC(CN1CCCC1)=C1CC1. The predicted octanol–water partition coefficient (Wildman–Crippen LogP) is 5.40. The van der Waals surface area contributed by atoms with Crippen LogP contribution in [-0.4, -0.2) is 62.8 Å². The van der Waals surface area contributed by atoms with E-state index in [1.807, 2.05) is 33.8 Å². The molecule has 8 heteroatoms. The lowest BCUT2D eigenvalue weighted by Crippen LogP contribution is -2.45. The van der Waals surface area contributed by atoms with Gasteiger partial charge < -0.3 is 10.6 Å². The van der Waals surface area contributed by atoms with Crippen molar-refractivity contribution >= 4 is 15.9 Å². The van der Waals surface area contributed by atoms with Gasteiger partial charge in [-0.25, -0.2) is 8.42 Å². The molecule has 7 nitrogen and oxygen atoms in total. The lowest BCUT2D eigenvalue weighted by atomic mass is 9.86. The van der Waals surface area contributed by atoms with E-state index in [2.05, 4.69) is 40.3 Å². The van der Waals surface area contributed by atoms with Crippen molar-refractivity contribution in [3.63, 3.8) is 0 Å². The van der Waals surface area contributed by atoms with Gasteiger partial charge in [-0.1, -0.05) is 58.6 Å². The molecule has 0 bridgehead atoms. The monoisotopic (exact) mass is 570 g/mol. The summed E-state index contributed by atoms with van der Waals surface area (Å²) in [6.45, 7) is 17.2. The van der Waals surface area contributed by atoms with Gasteiger partial charge in [0, 0.05) is 36.4 Å². The van der Waals surface area contributed by atoms with Gasteiger partial charge in [0.1, 0.15) is 0 Å². The van der Waals surface area contributed by atoms with Crippen molar-refractivity contribution in [2.45, 2.75) is 73.1 Å². The van der Waals surface area contributed by atoms with Gasteiger partial charge in [-0.15, -0.1) is 0 Å². The summed E-state index contributed by atoms with van der Waals surface area (Å²) in [5.74, 6) is 0.0164. The number of rotatable bonds is 15. The fourth-order valence-electron chi connectivity index (χ4n) is 5.15. The van der Waals surface area contributed by atoms with Crippen LogP contribution in [0.25, 0.3) is 0 Å². The molecule has 1 amide bonds. The number of nitrogens with one attached hydrogen (secondary N) is 2. The van der Waals surface area contributed by atoms with Crippen LogP contribution in [0, 0.1) is 11.3 Å². The van der Waals surface area contributed by atoms with Crippen molar-refractivity contribution < 1.29 is 13.2 Å². The van der Waals surface area contributed by atoms with Crippen molar-refractivity contribution in [3.8, 4) is 0 Å².